The van der Waals surface area contributed by atoms with Gasteiger partial charge in [-0.1, -0.05) is 6.08 Å². The summed E-state index contributed by atoms with van der Waals surface area (Å²) in [6, 6.07) is 0. The molecule has 2 rings (SSSR count). The average Bonchev–Trinajstić information content (AvgIpc) is 2.93. The van der Waals surface area contributed by atoms with Crippen LogP contribution >= 0.6 is 11.3 Å². The first kappa shape index (κ1) is 16.6. The highest BCUT2D eigenvalue weighted by molar-refractivity contribution is 7.13. The van der Waals surface area contributed by atoms with Gasteiger partial charge in [0.15, 0.2) is 5.13 Å². The smallest absolute Gasteiger partial charge is 0.330 e. The first-order chi connectivity index (χ1) is 10.5. The van der Waals surface area contributed by atoms with Gasteiger partial charge in [0, 0.05) is 24.3 Å². The van der Waals surface area contributed by atoms with E-state index in [1.54, 1.807) is 0 Å². The minimum atomic E-state index is -0.387. The van der Waals surface area contributed by atoms with Crippen molar-refractivity contribution < 1.29 is 19.4 Å². The summed E-state index contributed by atoms with van der Waals surface area (Å²) in [5.41, 5.74) is 0.840. The molecule has 0 radical (unpaired) electrons. The molecule has 6 nitrogen and oxygen atoms in total. The molecule has 1 aromatic heterocycles. The van der Waals surface area contributed by atoms with E-state index >= 15 is 0 Å². The molecule has 1 aliphatic carbocycles. The molecular formula is C15H20N2O4S. The summed E-state index contributed by atoms with van der Waals surface area (Å²) in [7, 11) is 1.34. The Hall–Kier alpha value is -1.73. The molecule has 0 bridgehead atoms. The Balaban J connectivity index is 2.15. The van der Waals surface area contributed by atoms with Crippen LogP contribution in [0.1, 0.15) is 37.8 Å². The second kappa shape index (κ2) is 7.51. The van der Waals surface area contributed by atoms with Crippen molar-refractivity contribution in [2.75, 3.05) is 12.4 Å². The Bertz CT molecular complexity index is 570. The monoisotopic (exact) mass is 324 g/mol. The maximum Gasteiger partial charge on any atom is 0.330 e. The Labute approximate surface area is 133 Å². The maximum absolute atomic E-state index is 11.3. The van der Waals surface area contributed by atoms with Crippen LogP contribution in [0.4, 0.5) is 5.13 Å². The van der Waals surface area contributed by atoms with Gasteiger partial charge in [-0.2, -0.15) is 0 Å². The first-order valence-corrected chi connectivity index (χ1v) is 8.04. The lowest BCUT2D eigenvalue weighted by Crippen LogP contribution is -2.25. The fraction of sp³-hybridized carbons (Fsp3) is 0.533. The Morgan fingerprint density at radius 1 is 1.50 bits per heavy atom. The third-order valence-corrected chi connectivity index (χ3v) is 4.52. The number of nitrogens with one attached hydrogen (secondary N) is 1. The number of amides is 1. The highest BCUT2D eigenvalue weighted by atomic mass is 32.1. The number of aliphatic hydroxyl groups excluding tert-OH is 1. The van der Waals surface area contributed by atoms with E-state index in [0.717, 1.165) is 12.1 Å². The van der Waals surface area contributed by atoms with Crippen LogP contribution in [-0.4, -0.2) is 35.2 Å². The molecule has 120 valence electrons. The zero-order valence-electron chi connectivity index (χ0n) is 12.6. The van der Waals surface area contributed by atoms with E-state index in [0.29, 0.717) is 18.0 Å². The minimum absolute atomic E-state index is 0.0309. The summed E-state index contributed by atoms with van der Waals surface area (Å²) in [6.07, 6.45) is 4.98. The van der Waals surface area contributed by atoms with Crippen molar-refractivity contribution in [1.29, 1.82) is 0 Å². The number of aliphatic hydroxyl groups is 1. The summed E-state index contributed by atoms with van der Waals surface area (Å²) in [4.78, 5) is 26.8. The number of thiazole rings is 1. The largest absolute Gasteiger partial charge is 0.466 e. The van der Waals surface area contributed by atoms with Crippen molar-refractivity contribution in [2.45, 2.75) is 38.2 Å². The molecular weight excluding hydrogens is 304 g/mol. The number of carbonyl (C=O) groups excluding carboxylic acids is 2. The van der Waals surface area contributed by atoms with Gasteiger partial charge in [-0.3, -0.25) is 4.79 Å². The zero-order valence-corrected chi connectivity index (χ0v) is 13.4. The predicted molar refractivity (Wildman–Crippen MR) is 83.7 cm³/mol. The van der Waals surface area contributed by atoms with Crippen molar-refractivity contribution in [2.24, 2.45) is 5.92 Å². The molecule has 22 heavy (non-hydrogen) atoms. The Morgan fingerprint density at radius 3 is 2.95 bits per heavy atom. The standard InChI is InChI=1S/C15H20N2O4S/c1-9(18)16-15-17-13(8-22-15)12-7-11(19)5-3-10(12)4-6-14(20)21-2/h4,6,8,10-12,19H,3,5,7H2,1-2H3,(H,16,17,18)/b6-4-/t10?,11-,12+/m0/s1. The fourth-order valence-corrected chi connectivity index (χ4v) is 3.50. The van der Waals surface area contributed by atoms with Crippen LogP contribution in [0, 0.1) is 5.92 Å². The van der Waals surface area contributed by atoms with E-state index in [9.17, 15) is 14.7 Å². The van der Waals surface area contributed by atoms with E-state index in [2.05, 4.69) is 15.0 Å². The topological polar surface area (TPSA) is 88.5 Å². The van der Waals surface area contributed by atoms with Gasteiger partial charge in [-0.25, -0.2) is 9.78 Å². The molecule has 1 amide bonds. The molecule has 1 aliphatic rings. The van der Waals surface area contributed by atoms with Gasteiger partial charge in [-0.05, 0) is 25.2 Å². The molecule has 1 saturated carbocycles. The number of methoxy groups -OCH3 is 1. The average molecular weight is 324 g/mol. The quantitative estimate of drug-likeness (QED) is 0.654. The van der Waals surface area contributed by atoms with E-state index in [-0.39, 0.29) is 29.8 Å². The number of rotatable bonds is 4. The van der Waals surface area contributed by atoms with E-state index < -0.39 is 0 Å². The van der Waals surface area contributed by atoms with Gasteiger partial charge in [-0.15, -0.1) is 11.3 Å². The predicted octanol–water partition coefficient (Wildman–Crippen LogP) is 2.08. The number of ether oxygens (including phenoxy) is 1. The lowest BCUT2D eigenvalue weighted by atomic mass is 9.76. The van der Waals surface area contributed by atoms with Gasteiger partial charge in [0.25, 0.3) is 0 Å². The van der Waals surface area contributed by atoms with Crippen LogP contribution in [0.25, 0.3) is 0 Å². The van der Waals surface area contributed by atoms with E-state index in [1.165, 1.54) is 31.4 Å². The van der Waals surface area contributed by atoms with Crippen molar-refractivity contribution >= 4 is 28.3 Å². The second-order valence-electron chi connectivity index (χ2n) is 5.38. The molecule has 1 heterocycles. The zero-order chi connectivity index (χ0) is 16.1. The van der Waals surface area contributed by atoms with Gasteiger partial charge in [0.05, 0.1) is 18.9 Å². The van der Waals surface area contributed by atoms with Gasteiger partial charge in [0.2, 0.25) is 5.91 Å². The Morgan fingerprint density at radius 2 is 2.27 bits per heavy atom. The van der Waals surface area contributed by atoms with Crippen molar-refractivity contribution in [3.63, 3.8) is 0 Å². The lowest BCUT2D eigenvalue weighted by Gasteiger charge is -2.31. The molecule has 7 heteroatoms. The van der Waals surface area contributed by atoms with E-state index in [4.69, 9.17) is 0 Å². The fourth-order valence-electron chi connectivity index (χ4n) is 2.68. The number of aromatic nitrogens is 1. The van der Waals surface area contributed by atoms with E-state index in [1.807, 2.05) is 11.5 Å². The molecule has 1 aromatic rings. The summed E-state index contributed by atoms with van der Waals surface area (Å²) < 4.78 is 4.62. The van der Waals surface area contributed by atoms with Crippen molar-refractivity contribution in [1.82, 2.24) is 4.98 Å². The van der Waals surface area contributed by atoms with Gasteiger partial charge in [0.1, 0.15) is 0 Å². The molecule has 0 aromatic carbocycles. The summed E-state index contributed by atoms with van der Waals surface area (Å²) in [5.74, 6) is -0.396. The molecule has 3 atom stereocenters. The summed E-state index contributed by atoms with van der Waals surface area (Å²) in [5, 5.41) is 15.0. The van der Waals surface area contributed by atoms with Crippen LogP contribution < -0.4 is 5.32 Å². The number of hydrogen-bond donors (Lipinski definition) is 2. The second-order valence-corrected chi connectivity index (χ2v) is 6.24. The SMILES string of the molecule is COC(=O)/C=C\C1CC[C@H](O)C[C@H]1c1csc(NC(C)=O)n1. The number of anilines is 1. The first-order valence-electron chi connectivity index (χ1n) is 7.16. The molecule has 2 N–H and O–H groups in total. The maximum atomic E-state index is 11.3. The summed E-state index contributed by atoms with van der Waals surface area (Å²) >= 11 is 1.36. The van der Waals surface area contributed by atoms with Crippen LogP contribution in [0.2, 0.25) is 0 Å². The third-order valence-electron chi connectivity index (χ3n) is 3.74. The minimum Gasteiger partial charge on any atom is -0.466 e. The van der Waals surface area contributed by atoms with Crippen LogP contribution in [-0.2, 0) is 14.3 Å². The van der Waals surface area contributed by atoms with Crippen LogP contribution in [0.15, 0.2) is 17.5 Å². The van der Waals surface area contributed by atoms with Crippen molar-refractivity contribution in [3.8, 4) is 0 Å². The lowest BCUT2D eigenvalue weighted by molar-refractivity contribution is -0.134. The van der Waals surface area contributed by atoms with Crippen molar-refractivity contribution in [3.05, 3.63) is 23.2 Å². The van der Waals surface area contributed by atoms with Gasteiger partial charge < -0.3 is 15.2 Å². The number of esters is 1. The number of allylic oxidation sites excluding steroid dienone is 1. The highest BCUT2D eigenvalue weighted by Gasteiger charge is 2.31. The molecule has 0 aliphatic heterocycles. The normalized spacial score (nSPS) is 25.1. The molecule has 0 saturated heterocycles. The Kier molecular flexibility index (Phi) is 5.68. The molecule has 0 spiro atoms. The molecule has 1 unspecified atom stereocenters. The van der Waals surface area contributed by atoms with Crippen LogP contribution in [0.5, 0.6) is 0 Å². The van der Waals surface area contributed by atoms with Crippen LogP contribution in [0.3, 0.4) is 0 Å². The number of carbonyl (C=O) groups is 2. The number of nitrogens with zero attached hydrogens (tertiary/aromatic N) is 1. The summed E-state index contributed by atoms with van der Waals surface area (Å²) in [6.45, 7) is 1.44. The molecule has 1 fully saturated rings. The van der Waals surface area contributed by atoms with Gasteiger partial charge >= 0.3 is 5.97 Å². The highest BCUT2D eigenvalue weighted by Crippen LogP contribution is 2.39. The third kappa shape index (κ3) is 4.38. The number of hydrogen-bond acceptors (Lipinski definition) is 6.